The summed E-state index contributed by atoms with van der Waals surface area (Å²) in [5, 5.41) is 15.4. The molecule has 2 heterocycles. The van der Waals surface area contributed by atoms with Crippen molar-refractivity contribution in [2.45, 2.75) is 38.5 Å². The fourth-order valence-corrected chi connectivity index (χ4v) is 6.30. The molecular formula is C36H35FN4O. The van der Waals surface area contributed by atoms with Gasteiger partial charge in [-0.2, -0.15) is 5.26 Å². The van der Waals surface area contributed by atoms with E-state index in [0.717, 1.165) is 67.6 Å². The van der Waals surface area contributed by atoms with Crippen LogP contribution in [0.4, 0.5) is 10.1 Å². The average Bonchev–Trinajstić information content (AvgIpc) is 3.40. The number of likely N-dealkylation sites (tertiary alicyclic amines) is 1. The predicted molar refractivity (Wildman–Crippen MR) is 168 cm³/mol. The second-order valence-electron chi connectivity index (χ2n) is 11.4. The van der Waals surface area contributed by atoms with E-state index in [1.54, 1.807) is 13.0 Å². The maximum Gasteiger partial charge on any atom is 0.241 e. The minimum absolute atomic E-state index is 0.208. The highest BCUT2D eigenvalue weighted by atomic mass is 19.1. The minimum Gasteiger partial charge on any atom is -0.354 e. The van der Waals surface area contributed by atoms with E-state index >= 15 is 0 Å². The number of carbonyl (C=O) groups is 1. The number of H-pyrrole nitrogens is 1. The number of hydrogen-bond acceptors (Lipinski definition) is 3. The number of anilines is 1. The monoisotopic (exact) mass is 558 g/mol. The standard InChI is InChI=1S/C36H35FN4O/c1-24(23-38)36(42)39-28-10-6-9-27(22-28)25-17-20-41(21-18-25)19-7-13-30-31-16-15-26-8-2-3-11-29(26)34(31)40-35(30)32-12-4-5-14-33(32)37/h2-6,8-12,14-16,22,24-25,40H,7,13,17-21H2,1H3,(H,39,42). The molecule has 1 unspecified atom stereocenters. The smallest absolute Gasteiger partial charge is 0.241 e. The van der Waals surface area contributed by atoms with Crippen molar-refractivity contribution in [3.63, 3.8) is 0 Å². The van der Waals surface area contributed by atoms with Gasteiger partial charge in [0, 0.05) is 22.0 Å². The van der Waals surface area contributed by atoms with E-state index in [2.05, 4.69) is 51.6 Å². The number of amides is 1. The number of fused-ring (bicyclic) bond motifs is 3. The van der Waals surface area contributed by atoms with Gasteiger partial charge in [-0.25, -0.2) is 4.39 Å². The number of halogens is 1. The Bertz CT molecular complexity index is 1780. The maximum absolute atomic E-state index is 15.0. The van der Waals surface area contributed by atoms with Gasteiger partial charge in [-0.05, 0) is 98.9 Å². The lowest BCUT2D eigenvalue weighted by atomic mass is 9.89. The van der Waals surface area contributed by atoms with Crippen molar-refractivity contribution >= 4 is 33.3 Å². The van der Waals surface area contributed by atoms with Gasteiger partial charge in [-0.15, -0.1) is 0 Å². The summed E-state index contributed by atoms with van der Waals surface area (Å²) in [6.45, 7) is 4.64. The van der Waals surface area contributed by atoms with Crippen LogP contribution in [0.5, 0.6) is 0 Å². The normalized spacial score (nSPS) is 15.1. The van der Waals surface area contributed by atoms with Gasteiger partial charge >= 0.3 is 0 Å². The molecule has 42 heavy (non-hydrogen) atoms. The molecule has 4 aromatic carbocycles. The van der Waals surface area contributed by atoms with Crippen LogP contribution in [0.15, 0.2) is 84.9 Å². The number of nitriles is 1. The van der Waals surface area contributed by atoms with E-state index in [1.807, 2.05) is 42.5 Å². The highest BCUT2D eigenvalue weighted by molar-refractivity contribution is 6.08. The molecule has 0 bridgehead atoms. The number of aromatic amines is 1. The third-order valence-electron chi connectivity index (χ3n) is 8.65. The van der Waals surface area contributed by atoms with E-state index in [1.165, 1.54) is 28.0 Å². The molecule has 1 atom stereocenters. The van der Waals surface area contributed by atoms with Crippen molar-refractivity contribution in [3.05, 3.63) is 102 Å². The van der Waals surface area contributed by atoms with Crippen LogP contribution >= 0.6 is 0 Å². The third-order valence-corrected chi connectivity index (χ3v) is 8.65. The fourth-order valence-electron chi connectivity index (χ4n) is 6.30. The molecule has 6 rings (SSSR count). The summed E-state index contributed by atoms with van der Waals surface area (Å²) < 4.78 is 15.0. The Morgan fingerprint density at radius 1 is 1.02 bits per heavy atom. The van der Waals surface area contributed by atoms with Crippen LogP contribution in [0.25, 0.3) is 32.9 Å². The van der Waals surface area contributed by atoms with Gasteiger partial charge in [0.2, 0.25) is 5.91 Å². The molecule has 1 aliphatic rings. The van der Waals surface area contributed by atoms with Crippen molar-refractivity contribution in [1.82, 2.24) is 9.88 Å². The first-order chi connectivity index (χ1) is 20.5. The Morgan fingerprint density at radius 2 is 1.81 bits per heavy atom. The summed E-state index contributed by atoms with van der Waals surface area (Å²) in [4.78, 5) is 18.3. The summed E-state index contributed by atoms with van der Waals surface area (Å²) in [7, 11) is 0. The number of piperidine rings is 1. The Hall–Kier alpha value is -4.47. The quantitative estimate of drug-likeness (QED) is 0.202. The lowest BCUT2D eigenvalue weighted by Gasteiger charge is -2.32. The van der Waals surface area contributed by atoms with Crippen LogP contribution in [0.1, 0.15) is 43.2 Å². The van der Waals surface area contributed by atoms with Crippen molar-refractivity contribution in [1.29, 1.82) is 5.26 Å². The van der Waals surface area contributed by atoms with Gasteiger partial charge in [0.05, 0.1) is 17.3 Å². The zero-order valence-corrected chi connectivity index (χ0v) is 23.9. The van der Waals surface area contributed by atoms with Gasteiger partial charge < -0.3 is 15.2 Å². The number of nitrogens with one attached hydrogen (secondary N) is 2. The van der Waals surface area contributed by atoms with Crippen molar-refractivity contribution in [3.8, 4) is 17.3 Å². The maximum atomic E-state index is 15.0. The van der Waals surface area contributed by atoms with E-state index in [4.69, 9.17) is 5.26 Å². The van der Waals surface area contributed by atoms with Gasteiger partial charge in [-0.3, -0.25) is 4.79 Å². The Kier molecular flexibility index (Phi) is 8.03. The van der Waals surface area contributed by atoms with Gasteiger partial charge in [-0.1, -0.05) is 60.7 Å². The lowest BCUT2D eigenvalue weighted by molar-refractivity contribution is -0.117. The Morgan fingerprint density at radius 3 is 2.62 bits per heavy atom. The third kappa shape index (κ3) is 5.66. The van der Waals surface area contributed by atoms with Gasteiger partial charge in [0.15, 0.2) is 0 Å². The number of benzene rings is 4. The number of hydrogen-bond donors (Lipinski definition) is 2. The molecule has 5 aromatic rings. The number of aromatic nitrogens is 1. The number of aryl methyl sites for hydroxylation is 1. The number of nitrogens with zero attached hydrogens (tertiary/aromatic N) is 2. The molecule has 0 radical (unpaired) electrons. The first-order valence-corrected chi connectivity index (χ1v) is 14.8. The van der Waals surface area contributed by atoms with Crippen LogP contribution in [-0.4, -0.2) is 35.4 Å². The van der Waals surface area contributed by atoms with Crippen LogP contribution < -0.4 is 5.32 Å². The van der Waals surface area contributed by atoms with E-state index in [0.29, 0.717) is 11.5 Å². The van der Waals surface area contributed by atoms with E-state index < -0.39 is 5.92 Å². The van der Waals surface area contributed by atoms with Gasteiger partial charge in [0.25, 0.3) is 0 Å². The molecule has 1 saturated heterocycles. The fraction of sp³-hybridized carbons (Fsp3) is 0.278. The summed E-state index contributed by atoms with van der Waals surface area (Å²) in [6, 6.07) is 29.7. The van der Waals surface area contributed by atoms with Crippen molar-refractivity contribution in [2.24, 2.45) is 5.92 Å². The second-order valence-corrected chi connectivity index (χ2v) is 11.4. The zero-order chi connectivity index (χ0) is 29.1. The number of carbonyl (C=O) groups excluding carboxylic acids is 1. The summed E-state index contributed by atoms with van der Waals surface area (Å²) in [5.74, 6) is -0.713. The zero-order valence-electron chi connectivity index (χ0n) is 23.9. The van der Waals surface area contributed by atoms with E-state index in [9.17, 15) is 9.18 Å². The molecule has 1 fully saturated rings. The van der Waals surface area contributed by atoms with Crippen LogP contribution in [0.2, 0.25) is 0 Å². The highest BCUT2D eigenvalue weighted by Crippen LogP contribution is 2.36. The molecule has 1 aromatic heterocycles. The molecule has 0 aliphatic carbocycles. The highest BCUT2D eigenvalue weighted by Gasteiger charge is 2.22. The molecule has 5 nitrogen and oxygen atoms in total. The predicted octanol–water partition coefficient (Wildman–Crippen LogP) is 8.04. The summed E-state index contributed by atoms with van der Waals surface area (Å²) in [5.41, 5.74) is 5.74. The van der Waals surface area contributed by atoms with Crippen LogP contribution in [0, 0.1) is 23.1 Å². The molecule has 0 spiro atoms. The van der Waals surface area contributed by atoms with Gasteiger partial charge in [0.1, 0.15) is 11.7 Å². The minimum atomic E-state index is -0.678. The average molecular weight is 559 g/mol. The lowest BCUT2D eigenvalue weighted by Crippen LogP contribution is -2.33. The Balaban J connectivity index is 1.13. The molecule has 1 aliphatic heterocycles. The van der Waals surface area contributed by atoms with Crippen LogP contribution in [-0.2, 0) is 11.2 Å². The molecule has 6 heteroatoms. The first kappa shape index (κ1) is 27.7. The molecule has 0 saturated carbocycles. The molecule has 1 amide bonds. The largest absolute Gasteiger partial charge is 0.354 e. The van der Waals surface area contributed by atoms with Crippen LogP contribution in [0.3, 0.4) is 0 Å². The molecule has 2 N–H and O–H groups in total. The summed E-state index contributed by atoms with van der Waals surface area (Å²) in [6.07, 6.45) is 3.98. The second kappa shape index (κ2) is 12.2. The Labute approximate surface area is 246 Å². The molecule has 212 valence electrons. The van der Waals surface area contributed by atoms with Crippen molar-refractivity contribution < 1.29 is 9.18 Å². The molecular weight excluding hydrogens is 523 g/mol. The number of rotatable bonds is 8. The topological polar surface area (TPSA) is 71.9 Å². The first-order valence-electron chi connectivity index (χ1n) is 14.8. The summed E-state index contributed by atoms with van der Waals surface area (Å²) >= 11 is 0. The SMILES string of the molecule is CC(C#N)C(=O)Nc1cccc(C2CCN(CCCc3c(-c4ccccc4F)[nH]c4c3ccc3ccccc34)CC2)c1. The van der Waals surface area contributed by atoms with Crippen molar-refractivity contribution in [2.75, 3.05) is 25.0 Å². The van der Waals surface area contributed by atoms with E-state index in [-0.39, 0.29) is 11.7 Å².